The maximum absolute atomic E-state index is 11.4. The van der Waals surface area contributed by atoms with Crippen molar-refractivity contribution >= 4 is 28.9 Å². The van der Waals surface area contributed by atoms with Gasteiger partial charge < -0.3 is 0 Å². The summed E-state index contributed by atoms with van der Waals surface area (Å²) >= 11 is 5.99. The maximum Gasteiger partial charge on any atom is 0.150 e. The van der Waals surface area contributed by atoms with Crippen LogP contribution in [-0.4, -0.2) is 21.3 Å². The Labute approximate surface area is 143 Å². The number of para-hydroxylation sites is 1. The lowest BCUT2D eigenvalue weighted by Crippen LogP contribution is -1.97. The van der Waals surface area contributed by atoms with Crippen molar-refractivity contribution in [2.45, 2.75) is 0 Å². The molecule has 1 heterocycles. The number of nitrogens with zero attached hydrogens (tertiary/aromatic N) is 3. The van der Waals surface area contributed by atoms with Gasteiger partial charge in [-0.2, -0.15) is 4.80 Å². The minimum Gasteiger partial charge on any atom is -0.298 e. The second-order valence-electron chi connectivity index (χ2n) is 5.35. The van der Waals surface area contributed by atoms with Gasteiger partial charge in [0.25, 0.3) is 0 Å². The zero-order valence-electron chi connectivity index (χ0n) is 12.6. The number of aromatic nitrogens is 3. The SMILES string of the molecule is O=Cc1cc(Cl)ccc1-c1cccc2nn(-c3ccccc3)nc12. The summed E-state index contributed by atoms with van der Waals surface area (Å²) in [6.07, 6.45) is 0.807. The molecule has 0 spiro atoms. The van der Waals surface area contributed by atoms with Gasteiger partial charge in [-0.15, -0.1) is 10.2 Å². The quantitative estimate of drug-likeness (QED) is 0.517. The first kappa shape index (κ1) is 14.6. The lowest BCUT2D eigenvalue weighted by molar-refractivity contribution is 0.112. The molecule has 0 fully saturated rings. The summed E-state index contributed by atoms with van der Waals surface area (Å²) in [4.78, 5) is 13.0. The number of carbonyl (C=O) groups is 1. The maximum atomic E-state index is 11.4. The Morgan fingerprint density at radius 1 is 0.875 bits per heavy atom. The van der Waals surface area contributed by atoms with Gasteiger partial charge in [-0.1, -0.05) is 48.0 Å². The molecule has 0 amide bonds. The fourth-order valence-corrected chi connectivity index (χ4v) is 2.89. The Hall–Kier alpha value is -2.98. The van der Waals surface area contributed by atoms with Crippen LogP contribution in [0.15, 0.2) is 66.7 Å². The normalized spacial score (nSPS) is 10.9. The summed E-state index contributed by atoms with van der Waals surface area (Å²) < 4.78 is 0. The molecule has 4 aromatic rings. The predicted octanol–water partition coefficient (Wildman–Crippen LogP) is 4.55. The molecule has 0 radical (unpaired) electrons. The molecular weight excluding hydrogens is 322 g/mol. The molecule has 116 valence electrons. The molecular formula is C19H12ClN3O. The fourth-order valence-electron chi connectivity index (χ4n) is 2.71. The summed E-state index contributed by atoms with van der Waals surface area (Å²) in [6, 6.07) is 20.7. The summed E-state index contributed by atoms with van der Waals surface area (Å²) in [6.45, 7) is 0. The molecule has 0 bridgehead atoms. The number of fused-ring (bicyclic) bond motifs is 1. The second-order valence-corrected chi connectivity index (χ2v) is 5.78. The Morgan fingerprint density at radius 3 is 2.50 bits per heavy atom. The molecule has 0 aliphatic carbocycles. The van der Waals surface area contributed by atoms with Crippen molar-refractivity contribution in [3.05, 3.63) is 77.3 Å². The first-order valence-electron chi connectivity index (χ1n) is 7.43. The van der Waals surface area contributed by atoms with Crippen LogP contribution in [-0.2, 0) is 0 Å². The van der Waals surface area contributed by atoms with E-state index in [1.165, 1.54) is 0 Å². The molecule has 0 atom stereocenters. The molecule has 0 N–H and O–H groups in total. The monoisotopic (exact) mass is 333 g/mol. The van der Waals surface area contributed by atoms with E-state index < -0.39 is 0 Å². The highest BCUT2D eigenvalue weighted by Crippen LogP contribution is 2.30. The van der Waals surface area contributed by atoms with Crippen LogP contribution in [0, 0.1) is 0 Å². The van der Waals surface area contributed by atoms with Crippen molar-refractivity contribution in [2.24, 2.45) is 0 Å². The third-order valence-corrected chi connectivity index (χ3v) is 4.06. The van der Waals surface area contributed by atoms with Crippen molar-refractivity contribution in [1.82, 2.24) is 15.0 Å². The summed E-state index contributed by atoms with van der Waals surface area (Å²) in [5.74, 6) is 0. The lowest BCUT2D eigenvalue weighted by Gasteiger charge is -2.06. The number of benzene rings is 3. The lowest BCUT2D eigenvalue weighted by atomic mass is 9.99. The number of halogens is 1. The second kappa shape index (κ2) is 5.91. The van der Waals surface area contributed by atoms with Gasteiger partial charge in [0, 0.05) is 16.1 Å². The minimum absolute atomic E-state index is 0.529. The van der Waals surface area contributed by atoms with E-state index in [0.29, 0.717) is 10.6 Å². The number of carbonyl (C=O) groups excluding carboxylic acids is 1. The predicted molar refractivity (Wildman–Crippen MR) is 94.7 cm³/mol. The van der Waals surface area contributed by atoms with Crippen LogP contribution in [0.3, 0.4) is 0 Å². The molecule has 0 aliphatic rings. The van der Waals surface area contributed by atoms with Crippen molar-refractivity contribution in [2.75, 3.05) is 0 Å². The van der Waals surface area contributed by atoms with Gasteiger partial charge >= 0.3 is 0 Å². The van der Waals surface area contributed by atoms with Gasteiger partial charge in [0.1, 0.15) is 11.0 Å². The zero-order valence-corrected chi connectivity index (χ0v) is 13.3. The standard InChI is InChI=1S/C19H12ClN3O/c20-14-9-10-16(13(11-14)12-24)17-7-4-8-18-19(17)22-23(21-18)15-5-2-1-3-6-15/h1-12H. The number of aldehydes is 1. The van der Waals surface area contributed by atoms with E-state index in [1.54, 1.807) is 16.9 Å². The highest BCUT2D eigenvalue weighted by atomic mass is 35.5. The third-order valence-electron chi connectivity index (χ3n) is 3.83. The van der Waals surface area contributed by atoms with Crippen LogP contribution >= 0.6 is 11.6 Å². The molecule has 3 aromatic carbocycles. The molecule has 5 heteroatoms. The first-order valence-corrected chi connectivity index (χ1v) is 7.80. The van der Waals surface area contributed by atoms with Gasteiger partial charge in [0.15, 0.2) is 6.29 Å². The molecule has 4 nitrogen and oxygen atoms in total. The molecule has 4 rings (SSSR count). The number of hydrogen-bond donors (Lipinski definition) is 0. The van der Waals surface area contributed by atoms with Crippen LogP contribution in [0.2, 0.25) is 5.02 Å². The topological polar surface area (TPSA) is 47.8 Å². The molecule has 1 aromatic heterocycles. The van der Waals surface area contributed by atoms with Crippen LogP contribution < -0.4 is 0 Å². The van der Waals surface area contributed by atoms with E-state index in [-0.39, 0.29) is 0 Å². The molecule has 0 unspecified atom stereocenters. The summed E-state index contributed by atoms with van der Waals surface area (Å²) in [5, 5.41) is 9.68. The Morgan fingerprint density at radius 2 is 1.71 bits per heavy atom. The van der Waals surface area contributed by atoms with E-state index in [2.05, 4.69) is 10.2 Å². The van der Waals surface area contributed by atoms with Crippen molar-refractivity contribution in [3.63, 3.8) is 0 Å². The van der Waals surface area contributed by atoms with Crippen molar-refractivity contribution in [1.29, 1.82) is 0 Å². The Balaban J connectivity index is 1.94. The molecule has 0 aliphatic heterocycles. The average molecular weight is 334 g/mol. The van der Waals surface area contributed by atoms with Gasteiger partial charge in [-0.3, -0.25) is 4.79 Å². The van der Waals surface area contributed by atoms with Gasteiger partial charge in [-0.05, 0) is 35.9 Å². The zero-order chi connectivity index (χ0) is 16.5. The highest BCUT2D eigenvalue weighted by Gasteiger charge is 2.13. The van der Waals surface area contributed by atoms with Crippen LogP contribution in [0.25, 0.3) is 27.8 Å². The molecule has 0 saturated carbocycles. The molecule has 0 saturated heterocycles. The van der Waals surface area contributed by atoms with Crippen molar-refractivity contribution < 1.29 is 4.79 Å². The van der Waals surface area contributed by atoms with Gasteiger partial charge in [-0.25, -0.2) is 0 Å². The first-order chi connectivity index (χ1) is 11.8. The van der Waals surface area contributed by atoms with E-state index >= 15 is 0 Å². The van der Waals surface area contributed by atoms with Gasteiger partial charge in [0.05, 0.1) is 5.69 Å². The van der Waals surface area contributed by atoms with E-state index in [4.69, 9.17) is 11.6 Å². The van der Waals surface area contributed by atoms with Crippen LogP contribution in [0.4, 0.5) is 0 Å². The highest BCUT2D eigenvalue weighted by molar-refractivity contribution is 6.31. The van der Waals surface area contributed by atoms with E-state index in [9.17, 15) is 4.79 Å². The summed E-state index contributed by atoms with van der Waals surface area (Å²) in [5.41, 5.74) is 4.57. The van der Waals surface area contributed by atoms with Crippen molar-refractivity contribution in [3.8, 4) is 16.8 Å². The van der Waals surface area contributed by atoms with Gasteiger partial charge in [0.2, 0.25) is 0 Å². The third kappa shape index (κ3) is 2.47. The average Bonchev–Trinajstić information content (AvgIpc) is 3.07. The number of rotatable bonds is 3. The summed E-state index contributed by atoms with van der Waals surface area (Å²) in [7, 11) is 0. The Bertz CT molecular complexity index is 1040. The van der Waals surface area contributed by atoms with E-state index in [1.807, 2.05) is 54.6 Å². The fraction of sp³-hybridized carbons (Fsp3) is 0. The van der Waals surface area contributed by atoms with Crippen LogP contribution in [0.5, 0.6) is 0 Å². The largest absolute Gasteiger partial charge is 0.298 e. The molecule has 24 heavy (non-hydrogen) atoms. The van der Waals surface area contributed by atoms with E-state index in [0.717, 1.165) is 34.1 Å². The Kier molecular flexibility index (Phi) is 3.59. The van der Waals surface area contributed by atoms with Crippen LogP contribution in [0.1, 0.15) is 10.4 Å². The smallest absolute Gasteiger partial charge is 0.150 e. The minimum atomic E-state index is 0.529. The number of hydrogen-bond acceptors (Lipinski definition) is 3.